The highest BCUT2D eigenvalue weighted by molar-refractivity contribution is 7.92. The summed E-state index contributed by atoms with van der Waals surface area (Å²) >= 11 is 18.6. The van der Waals surface area contributed by atoms with E-state index in [-0.39, 0.29) is 21.5 Å². The first-order chi connectivity index (χ1) is 15.6. The van der Waals surface area contributed by atoms with Gasteiger partial charge >= 0.3 is 0 Å². The number of rotatable bonds is 6. The fraction of sp³-hybridized carbons (Fsp3) is 0. The maximum absolute atomic E-state index is 12.7. The van der Waals surface area contributed by atoms with Crippen molar-refractivity contribution in [3.63, 3.8) is 0 Å². The zero-order valence-electron chi connectivity index (χ0n) is 16.5. The minimum absolute atomic E-state index is 0.111. The molecule has 0 saturated carbocycles. The second-order valence-electron chi connectivity index (χ2n) is 6.85. The van der Waals surface area contributed by atoms with Crippen LogP contribution in [0.15, 0.2) is 77.7 Å². The molecule has 0 spiro atoms. The summed E-state index contributed by atoms with van der Waals surface area (Å²) in [7, 11) is -4.23. The molecule has 0 atom stereocenters. The van der Waals surface area contributed by atoms with E-state index in [0.29, 0.717) is 10.8 Å². The van der Waals surface area contributed by atoms with Gasteiger partial charge in [-0.25, -0.2) is 8.42 Å². The van der Waals surface area contributed by atoms with Gasteiger partial charge in [0.25, 0.3) is 15.7 Å². The Morgan fingerprint density at radius 2 is 1.45 bits per heavy atom. The smallest absolute Gasteiger partial charge is 0.270 e. The van der Waals surface area contributed by atoms with Crippen molar-refractivity contribution in [3.05, 3.63) is 98.0 Å². The van der Waals surface area contributed by atoms with E-state index in [4.69, 9.17) is 39.5 Å². The van der Waals surface area contributed by atoms with Crippen molar-refractivity contribution in [2.75, 3.05) is 4.72 Å². The lowest BCUT2D eigenvalue weighted by molar-refractivity contribution is -0.385. The highest BCUT2D eigenvalue weighted by Crippen LogP contribution is 2.37. The van der Waals surface area contributed by atoms with Crippen molar-refractivity contribution in [2.24, 2.45) is 0 Å². The van der Waals surface area contributed by atoms with Gasteiger partial charge in [-0.05, 0) is 47.2 Å². The number of nitro benzene ring substituents is 1. The number of hydrogen-bond acceptors (Lipinski definition) is 5. The lowest BCUT2D eigenvalue weighted by atomic mass is 10.1. The normalized spacial score (nSPS) is 11.4. The predicted molar refractivity (Wildman–Crippen MR) is 129 cm³/mol. The average Bonchev–Trinajstić information content (AvgIpc) is 2.75. The summed E-state index contributed by atoms with van der Waals surface area (Å²) < 4.78 is 33.6. The fourth-order valence-electron chi connectivity index (χ4n) is 3.06. The Morgan fingerprint density at radius 1 is 0.788 bits per heavy atom. The highest BCUT2D eigenvalue weighted by Gasteiger charge is 2.22. The van der Waals surface area contributed by atoms with Crippen LogP contribution in [0, 0.1) is 10.1 Å². The second-order valence-corrected chi connectivity index (χ2v) is 9.73. The van der Waals surface area contributed by atoms with Crippen LogP contribution in [0.1, 0.15) is 0 Å². The Bertz CT molecular complexity index is 1510. The number of benzene rings is 4. The fourth-order valence-corrected chi connectivity index (χ4v) is 5.06. The van der Waals surface area contributed by atoms with Crippen molar-refractivity contribution in [1.29, 1.82) is 0 Å². The maximum Gasteiger partial charge on any atom is 0.270 e. The van der Waals surface area contributed by atoms with Gasteiger partial charge in [0.2, 0.25) is 0 Å². The van der Waals surface area contributed by atoms with Crippen LogP contribution in [0.3, 0.4) is 0 Å². The zero-order chi connectivity index (χ0) is 23.8. The van der Waals surface area contributed by atoms with E-state index in [1.54, 1.807) is 12.1 Å². The SMILES string of the molecule is O=[N+]([O-])c1ccc(Cl)c(S(=O)(=O)Nc2ccc(Oc3cc4ccccc4cc3Cl)c(Cl)c2)c1. The number of hydrogen-bond donors (Lipinski definition) is 1. The van der Waals surface area contributed by atoms with Crippen LogP contribution in [-0.2, 0) is 10.0 Å². The van der Waals surface area contributed by atoms with Crippen LogP contribution in [0.4, 0.5) is 11.4 Å². The third kappa shape index (κ3) is 4.99. The van der Waals surface area contributed by atoms with Crippen LogP contribution in [0.5, 0.6) is 11.5 Å². The summed E-state index contributed by atoms with van der Waals surface area (Å²) in [4.78, 5) is 9.84. The minimum Gasteiger partial charge on any atom is -0.454 e. The molecule has 0 heterocycles. The van der Waals surface area contributed by atoms with Gasteiger partial charge in [0.15, 0.2) is 0 Å². The zero-order valence-corrected chi connectivity index (χ0v) is 19.5. The van der Waals surface area contributed by atoms with Crippen molar-refractivity contribution in [1.82, 2.24) is 0 Å². The molecule has 4 aromatic carbocycles. The van der Waals surface area contributed by atoms with Gasteiger partial charge in [0, 0.05) is 12.1 Å². The van der Waals surface area contributed by atoms with Crippen LogP contribution < -0.4 is 9.46 Å². The van der Waals surface area contributed by atoms with E-state index in [9.17, 15) is 18.5 Å². The number of halogens is 3. The molecule has 4 rings (SSSR count). The molecule has 33 heavy (non-hydrogen) atoms. The first-order valence-corrected chi connectivity index (χ1v) is 11.9. The Hall–Kier alpha value is -3.04. The molecule has 168 valence electrons. The maximum atomic E-state index is 12.7. The molecule has 0 bridgehead atoms. The van der Waals surface area contributed by atoms with Gasteiger partial charge < -0.3 is 4.74 Å². The van der Waals surface area contributed by atoms with E-state index in [1.807, 2.05) is 24.3 Å². The van der Waals surface area contributed by atoms with E-state index < -0.39 is 25.5 Å². The van der Waals surface area contributed by atoms with Gasteiger partial charge in [-0.1, -0.05) is 59.1 Å². The van der Waals surface area contributed by atoms with Crippen molar-refractivity contribution >= 4 is 67.0 Å². The molecule has 1 N–H and O–H groups in total. The molecule has 0 aliphatic rings. The van der Waals surface area contributed by atoms with E-state index >= 15 is 0 Å². The number of ether oxygens (including phenoxy) is 1. The quantitative estimate of drug-likeness (QED) is 0.211. The summed E-state index contributed by atoms with van der Waals surface area (Å²) in [6.07, 6.45) is 0. The molecule has 0 unspecified atom stereocenters. The number of nitrogens with one attached hydrogen (secondary N) is 1. The molecule has 0 amide bonds. The number of fused-ring (bicyclic) bond motifs is 1. The van der Waals surface area contributed by atoms with Crippen LogP contribution in [-0.4, -0.2) is 13.3 Å². The molecule has 4 aromatic rings. The highest BCUT2D eigenvalue weighted by atomic mass is 35.5. The standard InChI is InChI=1S/C22H13Cl3N2O5S/c23-17-7-6-16(27(28)29)12-22(17)33(30,31)26-15-5-8-20(19(25)11-15)32-21-10-14-4-2-1-3-13(14)9-18(21)24/h1-12,26H. The molecular weight excluding hydrogens is 511 g/mol. The summed E-state index contributed by atoms with van der Waals surface area (Å²) in [5, 5.41) is 13.2. The first kappa shape index (κ1) is 23.1. The van der Waals surface area contributed by atoms with Crippen molar-refractivity contribution in [3.8, 4) is 11.5 Å². The summed E-state index contributed by atoms with van der Waals surface area (Å²) in [6.45, 7) is 0. The lowest BCUT2D eigenvalue weighted by Gasteiger charge is -2.13. The van der Waals surface area contributed by atoms with Gasteiger partial charge in [-0.15, -0.1) is 0 Å². The van der Waals surface area contributed by atoms with E-state index in [0.717, 1.165) is 29.0 Å². The largest absolute Gasteiger partial charge is 0.454 e. The number of nitrogens with zero attached hydrogens (tertiary/aromatic N) is 1. The molecule has 0 aliphatic heterocycles. The third-order valence-corrected chi connectivity index (χ3v) is 7.07. The van der Waals surface area contributed by atoms with Crippen molar-refractivity contribution in [2.45, 2.75) is 4.90 Å². The monoisotopic (exact) mass is 522 g/mol. The predicted octanol–water partition coefficient (Wildman–Crippen LogP) is 7.30. The van der Waals surface area contributed by atoms with Gasteiger partial charge in [-0.3, -0.25) is 14.8 Å². The van der Waals surface area contributed by atoms with Gasteiger partial charge in [0.05, 0.1) is 25.7 Å². The Morgan fingerprint density at radius 3 is 2.12 bits per heavy atom. The number of nitro groups is 1. The molecule has 7 nitrogen and oxygen atoms in total. The van der Waals surface area contributed by atoms with Crippen LogP contribution >= 0.6 is 34.8 Å². The number of non-ortho nitro benzene ring substituents is 1. The molecule has 0 aromatic heterocycles. The third-order valence-electron chi connectivity index (χ3n) is 4.62. The number of sulfonamides is 1. The Balaban J connectivity index is 1.60. The Kier molecular flexibility index (Phi) is 6.36. The molecule has 0 radical (unpaired) electrons. The topological polar surface area (TPSA) is 98.5 Å². The average molecular weight is 524 g/mol. The molecule has 11 heteroatoms. The van der Waals surface area contributed by atoms with Gasteiger partial charge in [0.1, 0.15) is 16.4 Å². The molecule has 0 aliphatic carbocycles. The number of anilines is 1. The minimum atomic E-state index is -4.23. The molecular formula is C22H13Cl3N2O5S. The lowest BCUT2D eigenvalue weighted by Crippen LogP contribution is -2.13. The van der Waals surface area contributed by atoms with Crippen molar-refractivity contribution < 1.29 is 18.1 Å². The van der Waals surface area contributed by atoms with Gasteiger partial charge in [-0.2, -0.15) is 0 Å². The summed E-state index contributed by atoms with van der Waals surface area (Å²) in [5.74, 6) is 0.638. The molecule has 0 saturated heterocycles. The van der Waals surface area contributed by atoms with Crippen LogP contribution in [0.2, 0.25) is 15.1 Å². The second kappa shape index (κ2) is 9.07. The molecule has 0 fully saturated rings. The summed E-state index contributed by atoms with van der Waals surface area (Å²) in [5.41, 5.74) is -0.298. The summed E-state index contributed by atoms with van der Waals surface area (Å²) in [6, 6.07) is 18.6. The van der Waals surface area contributed by atoms with E-state index in [1.165, 1.54) is 18.2 Å². The first-order valence-electron chi connectivity index (χ1n) is 9.26. The van der Waals surface area contributed by atoms with Crippen LogP contribution in [0.25, 0.3) is 10.8 Å². The Labute approximate surface area is 203 Å². The van der Waals surface area contributed by atoms with E-state index in [2.05, 4.69) is 4.72 Å².